The molecule has 2 unspecified atom stereocenters. The lowest BCUT2D eigenvalue weighted by Crippen LogP contribution is -2.28. The molecule has 4 atom stereocenters. The SMILES string of the molecule is CC1C=C(S(=O)(=O)c2cc(Cl)c(OC[C@H](O)CCl)c(Cl)c2)C=CC1OC[C@@H](O)CO. The minimum absolute atomic E-state index is 0.0181. The minimum atomic E-state index is -3.92. The van der Waals surface area contributed by atoms with Crippen LogP contribution in [0.5, 0.6) is 5.75 Å². The monoisotopic (exact) mass is 500 g/mol. The van der Waals surface area contributed by atoms with Gasteiger partial charge in [-0.15, -0.1) is 11.6 Å². The lowest BCUT2D eigenvalue weighted by atomic mass is 10.00. The van der Waals surface area contributed by atoms with E-state index in [0.717, 1.165) is 0 Å². The summed E-state index contributed by atoms with van der Waals surface area (Å²) in [5.41, 5.74) is 0. The van der Waals surface area contributed by atoms with Crippen molar-refractivity contribution in [3.05, 3.63) is 45.3 Å². The first-order chi connectivity index (χ1) is 14.1. The molecule has 0 fully saturated rings. The van der Waals surface area contributed by atoms with E-state index in [4.69, 9.17) is 49.4 Å². The van der Waals surface area contributed by atoms with Crippen molar-refractivity contribution in [3.8, 4) is 5.75 Å². The number of ether oxygens (including phenoxy) is 2. The average Bonchev–Trinajstić information content (AvgIpc) is 2.71. The second kappa shape index (κ2) is 11.2. The van der Waals surface area contributed by atoms with Crippen molar-refractivity contribution in [2.45, 2.75) is 30.1 Å². The normalized spacial score (nSPS) is 21.2. The summed E-state index contributed by atoms with van der Waals surface area (Å²) in [5, 5.41) is 27.7. The predicted octanol–water partition coefficient (Wildman–Crippen LogP) is 2.57. The molecule has 1 aromatic carbocycles. The molecule has 3 N–H and O–H groups in total. The van der Waals surface area contributed by atoms with Gasteiger partial charge in [0.25, 0.3) is 0 Å². The summed E-state index contributed by atoms with van der Waals surface area (Å²) in [6.45, 7) is 1.13. The van der Waals surface area contributed by atoms with Gasteiger partial charge >= 0.3 is 0 Å². The topological polar surface area (TPSA) is 113 Å². The summed E-state index contributed by atoms with van der Waals surface area (Å²) in [5.74, 6) is -0.278. The van der Waals surface area contributed by atoms with Gasteiger partial charge in [-0.25, -0.2) is 8.42 Å². The van der Waals surface area contributed by atoms with Gasteiger partial charge in [-0.1, -0.05) is 42.3 Å². The van der Waals surface area contributed by atoms with Crippen LogP contribution < -0.4 is 4.74 Å². The zero-order chi connectivity index (χ0) is 22.5. The van der Waals surface area contributed by atoms with Crippen molar-refractivity contribution < 1.29 is 33.2 Å². The van der Waals surface area contributed by atoms with E-state index in [1.807, 2.05) is 0 Å². The minimum Gasteiger partial charge on any atom is -0.488 e. The van der Waals surface area contributed by atoms with Crippen molar-refractivity contribution >= 4 is 44.6 Å². The van der Waals surface area contributed by atoms with E-state index in [9.17, 15) is 18.6 Å². The molecule has 0 heterocycles. The maximum Gasteiger partial charge on any atom is 0.206 e. The Morgan fingerprint density at radius 1 is 1.13 bits per heavy atom. The Morgan fingerprint density at radius 3 is 2.30 bits per heavy atom. The summed E-state index contributed by atoms with van der Waals surface area (Å²) in [6, 6.07) is 2.45. The highest BCUT2D eigenvalue weighted by Crippen LogP contribution is 2.38. The fraction of sp³-hybridized carbons (Fsp3) is 0.474. The zero-order valence-electron chi connectivity index (χ0n) is 16.0. The predicted molar refractivity (Wildman–Crippen MR) is 115 cm³/mol. The van der Waals surface area contributed by atoms with Crippen molar-refractivity contribution in [2.24, 2.45) is 5.92 Å². The molecule has 0 saturated heterocycles. The number of hydrogen-bond donors (Lipinski definition) is 3. The third-order valence-corrected chi connectivity index (χ3v) is 6.94. The Bertz CT molecular complexity index is 878. The van der Waals surface area contributed by atoms with Crippen LogP contribution in [0.4, 0.5) is 0 Å². The highest BCUT2D eigenvalue weighted by atomic mass is 35.5. The maximum absolute atomic E-state index is 13.0. The number of sulfone groups is 1. The largest absolute Gasteiger partial charge is 0.488 e. The Balaban J connectivity index is 2.20. The van der Waals surface area contributed by atoms with Gasteiger partial charge in [-0.3, -0.25) is 0 Å². The van der Waals surface area contributed by atoms with Crippen LogP contribution in [0, 0.1) is 5.92 Å². The molecule has 0 bridgehead atoms. The zero-order valence-corrected chi connectivity index (χ0v) is 19.1. The molecular formula is C19H23Cl3O7S. The summed E-state index contributed by atoms with van der Waals surface area (Å²) in [7, 11) is -3.92. The Morgan fingerprint density at radius 2 is 1.77 bits per heavy atom. The number of aliphatic hydroxyl groups is 3. The van der Waals surface area contributed by atoms with Crippen LogP contribution in [0.3, 0.4) is 0 Å². The van der Waals surface area contributed by atoms with Crippen molar-refractivity contribution in [3.63, 3.8) is 0 Å². The number of hydrogen-bond acceptors (Lipinski definition) is 7. The van der Waals surface area contributed by atoms with Gasteiger partial charge in [0.2, 0.25) is 9.84 Å². The number of benzene rings is 1. The van der Waals surface area contributed by atoms with E-state index in [1.165, 1.54) is 24.3 Å². The molecule has 11 heteroatoms. The standard InChI is InChI=1S/C19H23Cl3O7S/c1-11-4-14(2-3-18(11)28-10-13(25)8-23)30(26,27)15-5-16(21)19(17(22)6-15)29-9-12(24)7-20/h2-6,11-13,18,23-25H,7-10H2,1H3/t11?,12-,13+,18?/m1/s1. The molecular weight excluding hydrogens is 479 g/mol. The first kappa shape index (κ1) is 25.4. The van der Waals surface area contributed by atoms with E-state index < -0.39 is 34.8 Å². The van der Waals surface area contributed by atoms with Gasteiger partial charge in [0.05, 0.1) is 45.0 Å². The van der Waals surface area contributed by atoms with Crippen LogP contribution in [0.1, 0.15) is 6.92 Å². The lowest BCUT2D eigenvalue weighted by molar-refractivity contribution is -0.0235. The maximum atomic E-state index is 13.0. The molecule has 0 amide bonds. The second-order valence-electron chi connectivity index (χ2n) is 6.76. The molecule has 168 valence electrons. The van der Waals surface area contributed by atoms with Crippen molar-refractivity contribution in [1.82, 2.24) is 0 Å². The van der Waals surface area contributed by atoms with Gasteiger partial charge in [0, 0.05) is 5.92 Å². The molecule has 0 aliphatic heterocycles. The number of aliphatic hydroxyl groups excluding tert-OH is 3. The highest BCUT2D eigenvalue weighted by molar-refractivity contribution is 7.95. The Hall–Kier alpha value is -0.840. The first-order valence-corrected chi connectivity index (χ1v) is 11.8. The van der Waals surface area contributed by atoms with E-state index in [2.05, 4.69) is 0 Å². The van der Waals surface area contributed by atoms with Crippen LogP contribution in [-0.4, -0.2) is 67.7 Å². The van der Waals surface area contributed by atoms with Gasteiger partial charge in [0.1, 0.15) is 18.8 Å². The second-order valence-corrected chi connectivity index (χ2v) is 9.83. The van der Waals surface area contributed by atoms with Crippen molar-refractivity contribution in [2.75, 3.05) is 25.7 Å². The van der Waals surface area contributed by atoms with Crippen LogP contribution in [0.15, 0.2) is 40.2 Å². The van der Waals surface area contributed by atoms with Gasteiger partial charge in [0.15, 0.2) is 5.75 Å². The van der Waals surface area contributed by atoms with E-state index >= 15 is 0 Å². The van der Waals surface area contributed by atoms with E-state index in [-0.39, 0.29) is 50.6 Å². The first-order valence-electron chi connectivity index (χ1n) is 9.01. The highest BCUT2D eigenvalue weighted by Gasteiger charge is 2.27. The van der Waals surface area contributed by atoms with Crippen LogP contribution in [-0.2, 0) is 14.6 Å². The molecule has 30 heavy (non-hydrogen) atoms. The van der Waals surface area contributed by atoms with Gasteiger partial charge < -0.3 is 24.8 Å². The molecule has 0 spiro atoms. The average molecular weight is 502 g/mol. The molecule has 1 aliphatic rings. The Labute approximate surface area is 190 Å². The number of allylic oxidation sites excluding steroid dienone is 1. The Kier molecular flexibility index (Phi) is 9.45. The molecule has 0 radical (unpaired) electrons. The van der Waals surface area contributed by atoms with Gasteiger partial charge in [-0.2, -0.15) is 0 Å². The fourth-order valence-corrected chi connectivity index (χ4v) is 4.91. The lowest BCUT2D eigenvalue weighted by Gasteiger charge is -2.24. The molecule has 2 rings (SSSR count). The third-order valence-electron chi connectivity index (χ3n) is 4.28. The van der Waals surface area contributed by atoms with Crippen molar-refractivity contribution in [1.29, 1.82) is 0 Å². The summed E-state index contributed by atoms with van der Waals surface area (Å²) < 4.78 is 36.9. The summed E-state index contributed by atoms with van der Waals surface area (Å²) in [4.78, 5) is -0.0585. The fourth-order valence-electron chi connectivity index (χ4n) is 2.63. The van der Waals surface area contributed by atoms with Gasteiger partial charge in [-0.05, 0) is 18.2 Å². The number of rotatable bonds is 10. The smallest absolute Gasteiger partial charge is 0.206 e. The molecule has 0 saturated carbocycles. The summed E-state index contributed by atoms with van der Waals surface area (Å²) in [6.07, 6.45) is 2.16. The quantitative estimate of drug-likeness (QED) is 0.422. The third kappa shape index (κ3) is 6.34. The summed E-state index contributed by atoms with van der Waals surface area (Å²) >= 11 is 17.8. The number of alkyl halides is 1. The van der Waals surface area contributed by atoms with Crippen LogP contribution in [0.25, 0.3) is 0 Å². The molecule has 1 aromatic rings. The molecule has 1 aliphatic carbocycles. The molecule has 7 nitrogen and oxygen atoms in total. The van der Waals surface area contributed by atoms with Crippen LogP contribution in [0.2, 0.25) is 10.0 Å². The van der Waals surface area contributed by atoms with E-state index in [0.29, 0.717) is 0 Å². The van der Waals surface area contributed by atoms with E-state index in [1.54, 1.807) is 13.0 Å². The molecule has 0 aromatic heterocycles. The number of halogens is 3. The van der Waals surface area contributed by atoms with Crippen LogP contribution >= 0.6 is 34.8 Å².